The minimum atomic E-state index is -0.0713. The van der Waals surface area contributed by atoms with Gasteiger partial charge in [0.05, 0.1) is 0 Å². The summed E-state index contributed by atoms with van der Waals surface area (Å²) in [6.07, 6.45) is 9.25. The quantitative estimate of drug-likeness (QED) is 0.686. The van der Waals surface area contributed by atoms with Crippen molar-refractivity contribution < 1.29 is 9.90 Å². The van der Waals surface area contributed by atoms with E-state index >= 15 is 0 Å². The molecule has 0 saturated heterocycles. The van der Waals surface area contributed by atoms with Crippen LogP contribution in [0.5, 0.6) is 0 Å². The Bertz CT molecular complexity index is 342. The molecule has 2 rings (SSSR count). The van der Waals surface area contributed by atoms with Crippen molar-refractivity contribution in [3.05, 3.63) is 12.2 Å². The molecule has 108 valence electrons. The fraction of sp³-hybridized carbons (Fsp3) is 0.800. The molecule has 3 N–H and O–H groups in total. The van der Waals surface area contributed by atoms with Gasteiger partial charge in [-0.3, -0.25) is 0 Å². The lowest BCUT2D eigenvalue weighted by atomic mass is 9.76. The first-order chi connectivity index (χ1) is 8.98. The van der Waals surface area contributed by atoms with Crippen LogP contribution in [0.1, 0.15) is 46.0 Å². The fourth-order valence-electron chi connectivity index (χ4n) is 2.96. The molecule has 0 unspecified atom stereocenters. The maximum Gasteiger partial charge on any atom is 0.315 e. The summed E-state index contributed by atoms with van der Waals surface area (Å²) < 4.78 is 0. The number of hydrogen-bond donors (Lipinski definition) is 3. The van der Waals surface area contributed by atoms with Crippen LogP contribution < -0.4 is 10.6 Å². The van der Waals surface area contributed by atoms with Crippen LogP contribution in [0.3, 0.4) is 0 Å². The molecule has 0 aromatic carbocycles. The molecule has 4 heteroatoms. The molecular weight excluding hydrogens is 240 g/mol. The maximum atomic E-state index is 11.9. The number of hydrogen-bond acceptors (Lipinski definition) is 2. The minimum absolute atomic E-state index is 0.0668. The molecule has 19 heavy (non-hydrogen) atoms. The topological polar surface area (TPSA) is 61.4 Å². The highest BCUT2D eigenvalue weighted by Crippen LogP contribution is 2.34. The van der Waals surface area contributed by atoms with Gasteiger partial charge < -0.3 is 15.7 Å². The predicted molar refractivity (Wildman–Crippen MR) is 75.8 cm³/mol. The molecule has 0 bridgehead atoms. The number of amides is 2. The summed E-state index contributed by atoms with van der Waals surface area (Å²) in [4.78, 5) is 11.9. The van der Waals surface area contributed by atoms with Gasteiger partial charge in [-0.25, -0.2) is 4.79 Å². The number of carbonyl (C=O) groups excluding carboxylic acids is 1. The highest BCUT2D eigenvalue weighted by molar-refractivity contribution is 5.74. The zero-order valence-electron chi connectivity index (χ0n) is 12.0. The maximum absolute atomic E-state index is 11.9. The molecule has 0 aromatic rings. The van der Waals surface area contributed by atoms with Crippen molar-refractivity contribution in [3.8, 4) is 0 Å². The molecule has 2 aliphatic carbocycles. The molecule has 0 spiro atoms. The largest absolute Gasteiger partial charge is 0.396 e. The number of urea groups is 1. The zero-order chi connectivity index (χ0) is 13.9. The SMILES string of the molecule is CC1(C)CCC(NC(=O)N[C@@H]2C=C[C@H](CO)C2)CC1. The minimum Gasteiger partial charge on any atom is -0.396 e. The van der Waals surface area contributed by atoms with Crippen molar-refractivity contribution in [2.75, 3.05) is 6.61 Å². The van der Waals surface area contributed by atoms with E-state index < -0.39 is 0 Å². The van der Waals surface area contributed by atoms with E-state index in [4.69, 9.17) is 5.11 Å². The normalized spacial score (nSPS) is 30.3. The molecule has 2 atom stereocenters. The first-order valence-corrected chi connectivity index (χ1v) is 7.35. The van der Waals surface area contributed by atoms with E-state index in [1.165, 1.54) is 12.8 Å². The van der Waals surface area contributed by atoms with Gasteiger partial charge in [0, 0.05) is 24.6 Å². The summed E-state index contributed by atoms with van der Waals surface area (Å²) in [5.74, 6) is 0.195. The molecule has 0 heterocycles. The number of aliphatic hydroxyl groups excluding tert-OH is 1. The standard InChI is InChI=1S/C15H26N2O2/c1-15(2)7-5-12(6-8-15)16-14(19)17-13-4-3-11(9-13)10-18/h3-4,11-13,18H,5-10H2,1-2H3,(H2,16,17,19)/t11-,13+/m0/s1. The van der Waals surface area contributed by atoms with Gasteiger partial charge in [-0.2, -0.15) is 0 Å². The second kappa shape index (κ2) is 5.95. The highest BCUT2D eigenvalue weighted by atomic mass is 16.3. The Morgan fingerprint density at radius 1 is 1.26 bits per heavy atom. The molecular formula is C15H26N2O2. The van der Waals surface area contributed by atoms with E-state index in [1.54, 1.807) is 0 Å². The van der Waals surface area contributed by atoms with Gasteiger partial charge in [0.1, 0.15) is 0 Å². The molecule has 1 saturated carbocycles. The zero-order valence-corrected chi connectivity index (χ0v) is 12.0. The molecule has 0 aliphatic heterocycles. The number of nitrogens with one attached hydrogen (secondary N) is 2. The van der Waals surface area contributed by atoms with Crippen molar-refractivity contribution in [2.45, 2.75) is 58.0 Å². The smallest absolute Gasteiger partial charge is 0.315 e. The van der Waals surface area contributed by atoms with Gasteiger partial charge in [-0.05, 0) is 37.5 Å². The fourth-order valence-corrected chi connectivity index (χ4v) is 2.96. The summed E-state index contributed by atoms with van der Waals surface area (Å²) >= 11 is 0. The average Bonchev–Trinajstić information content (AvgIpc) is 2.79. The van der Waals surface area contributed by atoms with Crippen LogP contribution in [0.2, 0.25) is 0 Å². The van der Waals surface area contributed by atoms with Crippen LogP contribution in [0, 0.1) is 11.3 Å². The van der Waals surface area contributed by atoms with Crippen LogP contribution >= 0.6 is 0 Å². The predicted octanol–water partition coefficient (Wildman–Crippen LogP) is 2.19. The van der Waals surface area contributed by atoms with Gasteiger partial charge in [0.25, 0.3) is 0 Å². The second-order valence-electron chi connectivity index (χ2n) is 6.73. The third kappa shape index (κ3) is 4.23. The van der Waals surface area contributed by atoms with E-state index in [-0.39, 0.29) is 24.6 Å². The van der Waals surface area contributed by atoms with Crippen molar-refractivity contribution >= 4 is 6.03 Å². The Morgan fingerprint density at radius 2 is 1.95 bits per heavy atom. The van der Waals surface area contributed by atoms with Crippen LogP contribution in [0.15, 0.2) is 12.2 Å². The lowest BCUT2D eigenvalue weighted by Gasteiger charge is -2.34. The second-order valence-corrected chi connectivity index (χ2v) is 6.73. The Morgan fingerprint density at radius 3 is 2.53 bits per heavy atom. The van der Waals surface area contributed by atoms with Crippen LogP contribution in [-0.4, -0.2) is 29.8 Å². The number of aliphatic hydroxyl groups is 1. The Balaban J connectivity index is 1.69. The summed E-state index contributed by atoms with van der Waals surface area (Å²) in [7, 11) is 0. The van der Waals surface area contributed by atoms with E-state index in [0.29, 0.717) is 11.5 Å². The summed E-state index contributed by atoms with van der Waals surface area (Å²) in [5, 5.41) is 15.1. The van der Waals surface area contributed by atoms with Crippen molar-refractivity contribution in [1.29, 1.82) is 0 Å². The molecule has 2 amide bonds. The van der Waals surface area contributed by atoms with Gasteiger partial charge >= 0.3 is 6.03 Å². The third-order valence-electron chi connectivity index (χ3n) is 4.40. The third-order valence-corrected chi connectivity index (χ3v) is 4.40. The van der Waals surface area contributed by atoms with Gasteiger partial charge in [0.2, 0.25) is 0 Å². The van der Waals surface area contributed by atoms with Gasteiger partial charge in [-0.1, -0.05) is 26.0 Å². The van der Waals surface area contributed by atoms with Crippen LogP contribution in [0.25, 0.3) is 0 Å². The Hall–Kier alpha value is -1.03. The van der Waals surface area contributed by atoms with Crippen molar-refractivity contribution in [1.82, 2.24) is 10.6 Å². The van der Waals surface area contributed by atoms with Crippen LogP contribution in [-0.2, 0) is 0 Å². The molecule has 2 aliphatic rings. The van der Waals surface area contributed by atoms with E-state index in [2.05, 4.69) is 24.5 Å². The lowest BCUT2D eigenvalue weighted by molar-refractivity contribution is 0.196. The van der Waals surface area contributed by atoms with E-state index in [9.17, 15) is 4.79 Å². The molecule has 1 fully saturated rings. The Labute approximate surface area is 115 Å². The Kier molecular flexibility index (Phi) is 4.50. The molecule has 0 radical (unpaired) electrons. The summed E-state index contributed by atoms with van der Waals surface area (Å²) in [6.45, 7) is 4.75. The lowest BCUT2D eigenvalue weighted by Crippen LogP contribution is -2.47. The monoisotopic (exact) mass is 266 g/mol. The average molecular weight is 266 g/mol. The summed E-state index contributed by atoms with van der Waals surface area (Å²) in [6, 6.07) is 0.308. The first-order valence-electron chi connectivity index (χ1n) is 7.35. The van der Waals surface area contributed by atoms with E-state index in [0.717, 1.165) is 19.3 Å². The first kappa shape index (κ1) is 14.4. The van der Waals surface area contributed by atoms with Gasteiger partial charge in [-0.15, -0.1) is 0 Å². The van der Waals surface area contributed by atoms with Crippen molar-refractivity contribution in [3.63, 3.8) is 0 Å². The van der Waals surface area contributed by atoms with Crippen LogP contribution in [0.4, 0.5) is 4.79 Å². The summed E-state index contributed by atoms with van der Waals surface area (Å²) in [5.41, 5.74) is 0.428. The number of carbonyl (C=O) groups is 1. The number of rotatable bonds is 3. The molecule has 0 aromatic heterocycles. The highest BCUT2D eigenvalue weighted by Gasteiger charge is 2.28. The van der Waals surface area contributed by atoms with Gasteiger partial charge in [0.15, 0.2) is 0 Å². The van der Waals surface area contributed by atoms with Crippen molar-refractivity contribution in [2.24, 2.45) is 11.3 Å². The van der Waals surface area contributed by atoms with E-state index in [1.807, 2.05) is 12.2 Å². The molecule has 4 nitrogen and oxygen atoms in total.